The minimum absolute atomic E-state index is 0.191. The fourth-order valence-corrected chi connectivity index (χ4v) is 14.2. The Bertz CT molecular complexity index is 4210. The summed E-state index contributed by atoms with van der Waals surface area (Å²) in [5.74, 6) is 0. The summed E-state index contributed by atoms with van der Waals surface area (Å²) in [6, 6.07) is 113. The second kappa shape index (κ2) is 18.2. The van der Waals surface area contributed by atoms with Crippen molar-refractivity contribution in [1.29, 1.82) is 0 Å². The number of rotatable bonds is 10. The van der Waals surface area contributed by atoms with Crippen molar-refractivity contribution >= 4 is 34.1 Å². The Morgan fingerprint density at radius 1 is 0.203 bits per heavy atom. The second-order valence-corrected chi connectivity index (χ2v) is 21.9. The third-order valence-corrected chi connectivity index (χ3v) is 17.6. The predicted octanol–water partition coefficient (Wildman–Crippen LogP) is 19.7. The molecule has 0 aliphatic heterocycles. The van der Waals surface area contributed by atoms with Gasteiger partial charge in [-0.15, -0.1) is 0 Å². The van der Waals surface area contributed by atoms with Gasteiger partial charge in [-0.3, -0.25) is 0 Å². The fraction of sp³-hybridized carbons (Fsp3) is 0.0649. The highest BCUT2D eigenvalue weighted by atomic mass is 15.2. The van der Waals surface area contributed by atoms with Crippen molar-refractivity contribution in [3.8, 4) is 33.4 Å². The minimum atomic E-state index is -0.544. The maximum absolute atomic E-state index is 2.49. The molecule has 374 valence electrons. The highest BCUT2D eigenvalue weighted by Crippen LogP contribution is 2.59. The average molecular weight is 1010 g/mol. The molecule has 0 spiro atoms. The van der Waals surface area contributed by atoms with Crippen LogP contribution in [0.25, 0.3) is 33.4 Å². The van der Waals surface area contributed by atoms with Crippen LogP contribution < -0.4 is 9.80 Å². The fourth-order valence-electron chi connectivity index (χ4n) is 14.2. The van der Waals surface area contributed by atoms with E-state index in [1.165, 1.54) is 89.0 Å². The van der Waals surface area contributed by atoms with Gasteiger partial charge < -0.3 is 9.80 Å². The lowest BCUT2D eigenvalue weighted by atomic mass is 9.67. The van der Waals surface area contributed by atoms with E-state index in [1.54, 1.807) is 0 Å². The van der Waals surface area contributed by atoms with Crippen molar-refractivity contribution in [2.45, 2.75) is 30.1 Å². The summed E-state index contributed by atoms with van der Waals surface area (Å²) in [5.41, 5.74) is 25.7. The number of hydrogen-bond donors (Lipinski definition) is 0. The predicted molar refractivity (Wildman–Crippen MR) is 328 cm³/mol. The summed E-state index contributed by atoms with van der Waals surface area (Å²) in [4.78, 5) is 4.93. The molecule has 0 amide bonds. The van der Waals surface area contributed by atoms with Gasteiger partial charge >= 0.3 is 0 Å². The van der Waals surface area contributed by atoms with Crippen LogP contribution in [-0.2, 0) is 16.2 Å². The number of hydrogen-bond acceptors (Lipinski definition) is 2. The molecule has 3 aliphatic carbocycles. The Morgan fingerprint density at radius 2 is 0.532 bits per heavy atom. The molecule has 0 radical (unpaired) electrons. The van der Waals surface area contributed by atoms with Gasteiger partial charge in [0, 0.05) is 39.5 Å². The lowest BCUT2D eigenvalue weighted by molar-refractivity contribution is 0.660. The van der Waals surface area contributed by atoms with Gasteiger partial charge in [0.2, 0.25) is 0 Å². The van der Waals surface area contributed by atoms with Crippen LogP contribution in [-0.4, -0.2) is 0 Å². The van der Waals surface area contributed by atoms with Crippen LogP contribution in [0.2, 0.25) is 0 Å². The van der Waals surface area contributed by atoms with Crippen LogP contribution in [0.15, 0.2) is 303 Å². The number of fused-ring (bicyclic) bond motifs is 9. The molecule has 2 heteroatoms. The van der Waals surface area contributed by atoms with Crippen LogP contribution in [0.5, 0.6) is 0 Å². The second-order valence-electron chi connectivity index (χ2n) is 21.9. The van der Waals surface area contributed by atoms with Crippen LogP contribution >= 0.6 is 0 Å². The maximum atomic E-state index is 2.49. The molecule has 79 heavy (non-hydrogen) atoms. The molecule has 0 atom stereocenters. The average Bonchev–Trinajstić information content (AvgIpc) is 4.19. The summed E-state index contributed by atoms with van der Waals surface area (Å²) in [7, 11) is 0. The first kappa shape index (κ1) is 46.5. The monoisotopic (exact) mass is 1010 g/mol. The number of para-hydroxylation sites is 1. The standard InChI is InChI=1S/C77H56N2/c1-75(2)69-41-19-15-37-63(69)67-47-45-62(52-74(67)75)79(61-46-48-73-68(51-61)66-40-18-22-44-72(66)76(73,53-25-7-3-8-26-53)54-27-9-4-10-28-54)60-36-24-35-59(50-60)78(57-32-13-6-14-33-57)58-34-23-31-56(49-58)77(55-29-11-5-12-30-55)70-42-20-16-38-64(70)65-39-17-21-43-71(65)77/h3-52H,1-2H3. The molecule has 3 aliphatic rings. The highest BCUT2D eigenvalue weighted by molar-refractivity contribution is 5.93. The lowest BCUT2D eigenvalue weighted by Gasteiger charge is -2.35. The van der Waals surface area contributed by atoms with E-state index in [4.69, 9.17) is 0 Å². The molecule has 2 nitrogen and oxygen atoms in total. The quantitative estimate of drug-likeness (QED) is 0.135. The number of nitrogens with zero attached hydrogens (tertiary/aromatic N) is 2. The zero-order valence-corrected chi connectivity index (χ0v) is 44.3. The molecule has 0 saturated carbocycles. The van der Waals surface area contributed by atoms with Crippen molar-refractivity contribution in [3.05, 3.63) is 359 Å². The first-order chi connectivity index (χ1) is 39.0. The van der Waals surface area contributed by atoms with Crippen molar-refractivity contribution in [2.24, 2.45) is 0 Å². The molecule has 0 fully saturated rings. The summed E-state index contributed by atoms with van der Waals surface area (Å²) in [6.45, 7) is 4.75. The molecule has 0 aromatic heterocycles. The van der Waals surface area contributed by atoms with Gasteiger partial charge in [0.1, 0.15) is 0 Å². The van der Waals surface area contributed by atoms with Gasteiger partial charge in [-0.25, -0.2) is 0 Å². The summed E-state index contributed by atoms with van der Waals surface area (Å²) >= 11 is 0. The molecular formula is C77H56N2. The summed E-state index contributed by atoms with van der Waals surface area (Å²) in [6.07, 6.45) is 0. The molecule has 0 N–H and O–H groups in total. The molecule has 15 rings (SSSR count). The van der Waals surface area contributed by atoms with Crippen LogP contribution in [0.1, 0.15) is 69.5 Å². The SMILES string of the molecule is CC1(C)c2ccccc2-c2ccc(N(c3cccc(N(c4ccccc4)c4cccc(C5(c6ccccc6)c6ccccc6-c6ccccc65)c4)c3)c3ccc4c(c3)-c3ccccc3C4(c3ccccc3)c3ccccc3)cc21. The molecule has 0 saturated heterocycles. The van der Waals surface area contributed by atoms with Gasteiger partial charge in [0.05, 0.1) is 10.8 Å². The van der Waals surface area contributed by atoms with Gasteiger partial charge in [0.15, 0.2) is 0 Å². The first-order valence-corrected chi connectivity index (χ1v) is 27.7. The Morgan fingerprint density at radius 3 is 1.08 bits per heavy atom. The minimum Gasteiger partial charge on any atom is -0.310 e. The zero-order valence-electron chi connectivity index (χ0n) is 44.3. The van der Waals surface area contributed by atoms with E-state index in [-0.39, 0.29) is 5.41 Å². The Balaban J connectivity index is 0.938. The Labute approximate surface area is 463 Å². The van der Waals surface area contributed by atoms with Gasteiger partial charge in [-0.2, -0.15) is 0 Å². The topological polar surface area (TPSA) is 6.48 Å². The van der Waals surface area contributed by atoms with Gasteiger partial charge in [-0.05, 0) is 156 Å². The Kier molecular flexibility index (Phi) is 10.7. The van der Waals surface area contributed by atoms with Crippen molar-refractivity contribution < 1.29 is 0 Å². The van der Waals surface area contributed by atoms with E-state index >= 15 is 0 Å². The van der Waals surface area contributed by atoms with E-state index < -0.39 is 10.8 Å². The summed E-state index contributed by atoms with van der Waals surface area (Å²) in [5, 5.41) is 0. The normalized spacial score (nSPS) is 14.3. The van der Waals surface area contributed by atoms with E-state index in [1.807, 2.05) is 0 Å². The Hall–Kier alpha value is -9.76. The molecule has 0 heterocycles. The number of benzene rings is 12. The van der Waals surface area contributed by atoms with E-state index in [2.05, 4.69) is 327 Å². The smallest absolute Gasteiger partial charge is 0.0714 e. The van der Waals surface area contributed by atoms with Gasteiger partial charge in [0.25, 0.3) is 0 Å². The first-order valence-electron chi connectivity index (χ1n) is 27.7. The van der Waals surface area contributed by atoms with E-state index in [9.17, 15) is 0 Å². The van der Waals surface area contributed by atoms with Crippen molar-refractivity contribution in [2.75, 3.05) is 9.80 Å². The maximum Gasteiger partial charge on any atom is 0.0714 e. The van der Waals surface area contributed by atoms with Crippen molar-refractivity contribution in [1.82, 2.24) is 0 Å². The molecule has 12 aromatic carbocycles. The molecular weight excluding hydrogens is 953 g/mol. The molecule has 0 bridgehead atoms. The summed E-state index contributed by atoms with van der Waals surface area (Å²) < 4.78 is 0. The van der Waals surface area contributed by atoms with Crippen molar-refractivity contribution in [3.63, 3.8) is 0 Å². The lowest BCUT2D eigenvalue weighted by Crippen LogP contribution is -2.28. The van der Waals surface area contributed by atoms with Crippen LogP contribution in [0.3, 0.4) is 0 Å². The molecule has 0 unspecified atom stereocenters. The van der Waals surface area contributed by atoms with Gasteiger partial charge in [-0.1, -0.05) is 250 Å². The van der Waals surface area contributed by atoms with Crippen LogP contribution in [0, 0.1) is 0 Å². The third-order valence-electron chi connectivity index (χ3n) is 17.6. The van der Waals surface area contributed by atoms with Crippen LogP contribution in [0.4, 0.5) is 34.1 Å². The highest BCUT2D eigenvalue weighted by Gasteiger charge is 2.48. The van der Waals surface area contributed by atoms with E-state index in [0.717, 1.165) is 34.1 Å². The molecule has 12 aromatic rings. The third kappa shape index (κ3) is 6.90. The number of anilines is 6. The largest absolute Gasteiger partial charge is 0.310 e. The zero-order chi connectivity index (χ0) is 52.7. The van der Waals surface area contributed by atoms with E-state index in [0.29, 0.717) is 0 Å².